The molecule has 0 aliphatic rings. The van der Waals surface area contributed by atoms with Gasteiger partial charge in [0.1, 0.15) is 11.4 Å². The Hall–Kier alpha value is -1.88. The maximum Gasteiger partial charge on any atom is 0.354 e. The standard InChI is InChI=1S/C10H9ClN2O3/c1-6(11)5-12-9(14)7-3-2-4-8(13-7)10(15)16/h2-4H,1,5H2,(H,12,14)(H,15,16). The number of halogens is 1. The van der Waals surface area contributed by atoms with E-state index >= 15 is 0 Å². The molecule has 0 saturated heterocycles. The molecule has 0 fully saturated rings. The molecule has 0 aliphatic heterocycles. The Balaban J connectivity index is 2.79. The summed E-state index contributed by atoms with van der Waals surface area (Å²) in [6.45, 7) is 3.51. The third-order valence-electron chi connectivity index (χ3n) is 1.64. The number of carboxylic acid groups (broad SMARTS) is 1. The van der Waals surface area contributed by atoms with Crippen molar-refractivity contribution < 1.29 is 14.7 Å². The SMILES string of the molecule is C=C(Cl)CNC(=O)c1cccc(C(=O)O)n1. The number of hydrogen-bond acceptors (Lipinski definition) is 3. The van der Waals surface area contributed by atoms with E-state index in [1.165, 1.54) is 18.2 Å². The van der Waals surface area contributed by atoms with Gasteiger partial charge in [-0.3, -0.25) is 4.79 Å². The molecular formula is C10H9ClN2O3. The van der Waals surface area contributed by atoms with Crippen LogP contribution in [-0.4, -0.2) is 28.5 Å². The van der Waals surface area contributed by atoms with Crippen molar-refractivity contribution in [3.63, 3.8) is 0 Å². The van der Waals surface area contributed by atoms with Crippen LogP contribution < -0.4 is 5.32 Å². The molecule has 16 heavy (non-hydrogen) atoms. The Kier molecular flexibility index (Phi) is 4.02. The first-order valence-corrected chi connectivity index (χ1v) is 4.70. The number of amides is 1. The summed E-state index contributed by atoms with van der Waals surface area (Å²) in [5.74, 6) is -1.68. The van der Waals surface area contributed by atoms with E-state index in [0.29, 0.717) is 0 Å². The molecule has 5 nitrogen and oxygen atoms in total. The van der Waals surface area contributed by atoms with Crippen molar-refractivity contribution in [2.45, 2.75) is 0 Å². The molecule has 0 bridgehead atoms. The van der Waals surface area contributed by atoms with Crippen molar-refractivity contribution in [1.82, 2.24) is 10.3 Å². The van der Waals surface area contributed by atoms with Crippen molar-refractivity contribution in [3.05, 3.63) is 41.2 Å². The van der Waals surface area contributed by atoms with E-state index in [2.05, 4.69) is 16.9 Å². The lowest BCUT2D eigenvalue weighted by Gasteiger charge is -2.03. The third-order valence-corrected chi connectivity index (χ3v) is 1.78. The topological polar surface area (TPSA) is 79.3 Å². The van der Waals surface area contributed by atoms with Gasteiger partial charge in [-0.2, -0.15) is 0 Å². The van der Waals surface area contributed by atoms with E-state index < -0.39 is 11.9 Å². The highest BCUT2D eigenvalue weighted by molar-refractivity contribution is 6.29. The van der Waals surface area contributed by atoms with E-state index in [0.717, 1.165) is 0 Å². The zero-order chi connectivity index (χ0) is 12.1. The molecule has 0 radical (unpaired) electrons. The molecule has 0 aromatic carbocycles. The second-order valence-corrected chi connectivity index (χ2v) is 3.45. The van der Waals surface area contributed by atoms with Gasteiger partial charge < -0.3 is 10.4 Å². The summed E-state index contributed by atoms with van der Waals surface area (Å²) >= 11 is 5.47. The third kappa shape index (κ3) is 3.36. The molecule has 84 valence electrons. The summed E-state index contributed by atoms with van der Waals surface area (Å²) in [5.41, 5.74) is -0.157. The van der Waals surface area contributed by atoms with Crippen molar-refractivity contribution in [2.24, 2.45) is 0 Å². The lowest BCUT2D eigenvalue weighted by Crippen LogP contribution is -2.25. The van der Waals surface area contributed by atoms with Crippen LogP contribution in [0.4, 0.5) is 0 Å². The summed E-state index contributed by atoms with van der Waals surface area (Å²) in [6, 6.07) is 4.17. The molecule has 1 heterocycles. The van der Waals surface area contributed by atoms with Crippen LogP contribution in [0.1, 0.15) is 21.0 Å². The van der Waals surface area contributed by atoms with E-state index in [4.69, 9.17) is 16.7 Å². The second-order valence-electron chi connectivity index (χ2n) is 2.91. The number of aromatic carboxylic acids is 1. The Bertz CT molecular complexity index is 445. The molecule has 1 amide bonds. The summed E-state index contributed by atoms with van der Waals surface area (Å²) in [5, 5.41) is 11.4. The zero-order valence-electron chi connectivity index (χ0n) is 8.24. The summed E-state index contributed by atoms with van der Waals surface area (Å²) in [6.07, 6.45) is 0. The van der Waals surface area contributed by atoms with Crippen LogP contribution in [0.2, 0.25) is 0 Å². The predicted octanol–water partition coefficient (Wildman–Crippen LogP) is 1.26. The maximum absolute atomic E-state index is 11.5. The molecule has 0 unspecified atom stereocenters. The van der Waals surface area contributed by atoms with E-state index in [1.54, 1.807) is 0 Å². The number of aromatic nitrogens is 1. The van der Waals surface area contributed by atoms with Gasteiger partial charge in [-0.15, -0.1) is 0 Å². The first-order chi connectivity index (χ1) is 7.50. The minimum Gasteiger partial charge on any atom is -0.477 e. The van der Waals surface area contributed by atoms with Crippen molar-refractivity contribution in [1.29, 1.82) is 0 Å². The van der Waals surface area contributed by atoms with Gasteiger partial charge in [-0.05, 0) is 12.1 Å². The number of rotatable bonds is 4. The fourth-order valence-electron chi connectivity index (χ4n) is 0.947. The molecule has 1 rings (SSSR count). The van der Waals surface area contributed by atoms with Gasteiger partial charge in [0.2, 0.25) is 0 Å². The Morgan fingerprint density at radius 2 is 2.06 bits per heavy atom. The van der Waals surface area contributed by atoms with Gasteiger partial charge in [0.05, 0.1) is 6.54 Å². The molecule has 1 aromatic rings. The number of carboxylic acids is 1. The molecule has 0 saturated carbocycles. The molecule has 0 aliphatic carbocycles. The number of nitrogens with zero attached hydrogens (tertiary/aromatic N) is 1. The lowest BCUT2D eigenvalue weighted by atomic mass is 10.3. The second kappa shape index (κ2) is 5.27. The maximum atomic E-state index is 11.5. The van der Waals surface area contributed by atoms with E-state index in [1.807, 2.05) is 0 Å². The van der Waals surface area contributed by atoms with Crippen LogP contribution in [0.5, 0.6) is 0 Å². The van der Waals surface area contributed by atoms with Crippen LogP contribution >= 0.6 is 11.6 Å². The van der Waals surface area contributed by atoms with Gasteiger partial charge in [0.25, 0.3) is 5.91 Å². The Morgan fingerprint density at radius 3 is 2.62 bits per heavy atom. The van der Waals surface area contributed by atoms with Crippen LogP contribution in [0, 0.1) is 0 Å². The summed E-state index contributed by atoms with van der Waals surface area (Å²) in [4.78, 5) is 25.7. The first kappa shape index (κ1) is 12.2. The minimum absolute atomic E-state index is 0.0258. The Morgan fingerprint density at radius 1 is 1.44 bits per heavy atom. The number of pyridine rings is 1. The van der Waals surface area contributed by atoms with Gasteiger partial charge >= 0.3 is 5.97 Å². The smallest absolute Gasteiger partial charge is 0.354 e. The molecule has 6 heteroatoms. The number of hydrogen-bond donors (Lipinski definition) is 2. The average molecular weight is 241 g/mol. The largest absolute Gasteiger partial charge is 0.477 e. The fourth-order valence-corrected chi connectivity index (χ4v) is 1.01. The van der Waals surface area contributed by atoms with E-state index in [-0.39, 0.29) is 23.0 Å². The number of nitrogens with one attached hydrogen (secondary N) is 1. The van der Waals surface area contributed by atoms with Crippen LogP contribution in [-0.2, 0) is 0 Å². The molecular weight excluding hydrogens is 232 g/mol. The monoisotopic (exact) mass is 240 g/mol. The quantitative estimate of drug-likeness (QED) is 0.831. The van der Waals surface area contributed by atoms with Gasteiger partial charge in [-0.25, -0.2) is 9.78 Å². The van der Waals surface area contributed by atoms with Crippen molar-refractivity contribution >= 4 is 23.5 Å². The lowest BCUT2D eigenvalue weighted by molar-refractivity contribution is 0.0690. The summed E-state index contributed by atoms with van der Waals surface area (Å²) < 4.78 is 0. The van der Waals surface area contributed by atoms with Gasteiger partial charge in [0.15, 0.2) is 0 Å². The molecule has 1 aromatic heterocycles. The molecule has 0 atom stereocenters. The van der Waals surface area contributed by atoms with Crippen LogP contribution in [0.3, 0.4) is 0 Å². The fraction of sp³-hybridized carbons (Fsp3) is 0.100. The highest BCUT2D eigenvalue weighted by Crippen LogP contribution is 2.00. The zero-order valence-corrected chi connectivity index (χ0v) is 8.99. The highest BCUT2D eigenvalue weighted by Gasteiger charge is 2.10. The van der Waals surface area contributed by atoms with Gasteiger partial charge in [0, 0.05) is 5.03 Å². The number of carbonyl (C=O) groups excluding carboxylic acids is 1. The Labute approximate surface area is 96.8 Å². The van der Waals surface area contributed by atoms with Crippen LogP contribution in [0.15, 0.2) is 29.8 Å². The summed E-state index contributed by atoms with van der Waals surface area (Å²) in [7, 11) is 0. The number of carbonyl (C=O) groups is 2. The average Bonchev–Trinajstić information content (AvgIpc) is 2.26. The first-order valence-electron chi connectivity index (χ1n) is 4.32. The molecule has 2 N–H and O–H groups in total. The van der Waals surface area contributed by atoms with Gasteiger partial charge in [-0.1, -0.05) is 24.2 Å². The highest BCUT2D eigenvalue weighted by atomic mass is 35.5. The normalized spacial score (nSPS) is 9.56. The predicted molar refractivity (Wildman–Crippen MR) is 58.5 cm³/mol. The molecule has 0 spiro atoms. The van der Waals surface area contributed by atoms with Crippen LogP contribution in [0.25, 0.3) is 0 Å². The minimum atomic E-state index is -1.18. The van der Waals surface area contributed by atoms with Crippen molar-refractivity contribution in [2.75, 3.05) is 6.54 Å². The van der Waals surface area contributed by atoms with E-state index in [9.17, 15) is 9.59 Å². The van der Waals surface area contributed by atoms with Crippen molar-refractivity contribution in [3.8, 4) is 0 Å².